The smallest absolute Gasteiger partial charge is 0.213 e. The Morgan fingerprint density at radius 3 is 2.83 bits per heavy atom. The van der Waals surface area contributed by atoms with Crippen LogP contribution in [-0.2, 0) is 0 Å². The summed E-state index contributed by atoms with van der Waals surface area (Å²) in [7, 11) is 0. The zero-order chi connectivity index (χ0) is 9.14. The molecule has 0 aliphatic carbocycles. The highest BCUT2D eigenvalue weighted by atomic mass is 19.1. The molecule has 0 bridgehead atoms. The first-order valence-corrected chi connectivity index (χ1v) is 4.02. The van der Waals surface area contributed by atoms with Crippen LogP contribution in [0.2, 0.25) is 0 Å². The van der Waals surface area contributed by atoms with Crippen molar-refractivity contribution in [2.75, 3.05) is 0 Å². The maximum atomic E-state index is 12.6. The van der Waals surface area contributed by atoms with Crippen LogP contribution in [0.3, 0.4) is 0 Å². The molecule has 1 heterocycles. The van der Waals surface area contributed by atoms with Gasteiger partial charge in [0.2, 0.25) is 5.95 Å². The molecule has 0 aliphatic rings. The molecule has 0 radical (unpaired) electrons. The molecule has 1 rings (SSSR count). The van der Waals surface area contributed by atoms with Gasteiger partial charge in [-0.2, -0.15) is 4.39 Å². The molecule has 3 heteroatoms. The van der Waals surface area contributed by atoms with E-state index in [1.165, 1.54) is 12.3 Å². The van der Waals surface area contributed by atoms with E-state index in [1.54, 1.807) is 0 Å². The summed E-state index contributed by atoms with van der Waals surface area (Å²) in [4.78, 5) is 3.56. The Labute approximate surface area is 71.6 Å². The molecule has 2 nitrogen and oxygen atoms in total. The molecule has 0 aromatic carbocycles. The van der Waals surface area contributed by atoms with Crippen LogP contribution in [0, 0.1) is 12.9 Å². The number of hydrogen-bond acceptors (Lipinski definition) is 2. The molecule has 0 amide bonds. The van der Waals surface area contributed by atoms with Crippen molar-refractivity contribution in [1.29, 1.82) is 0 Å². The minimum absolute atomic E-state index is 0.0295. The quantitative estimate of drug-likeness (QED) is 0.685. The second-order valence-corrected chi connectivity index (χ2v) is 2.88. The van der Waals surface area contributed by atoms with Crippen molar-refractivity contribution in [3.05, 3.63) is 29.3 Å². The van der Waals surface area contributed by atoms with Crippen LogP contribution in [-0.4, -0.2) is 4.98 Å². The molecular formula is C9H13FN2. The van der Waals surface area contributed by atoms with Crippen LogP contribution in [0.4, 0.5) is 4.39 Å². The lowest BCUT2D eigenvalue weighted by molar-refractivity contribution is 0.576. The van der Waals surface area contributed by atoms with Crippen molar-refractivity contribution in [3.63, 3.8) is 0 Å². The van der Waals surface area contributed by atoms with Gasteiger partial charge in [-0.1, -0.05) is 6.92 Å². The highest BCUT2D eigenvalue weighted by molar-refractivity contribution is 5.24. The van der Waals surface area contributed by atoms with E-state index in [0.29, 0.717) is 0 Å². The molecule has 1 atom stereocenters. The van der Waals surface area contributed by atoms with Crippen molar-refractivity contribution >= 4 is 0 Å². The van der Waals surface area contributed by atoms with Gasteiger partial charge in [0.15, 0.2) is 0 Å². The van der Waals surface area contributed by atoms with Gasteiger partial charge in [0.25, 0.3) is 0 Å². The van der Waals surface area contributed by atoms with Gasteiger partial charge < -0.3 is 5.73 Å². The Bertz CT molecular complexity index is 273. The lowest BCUT2D eigenvalue weighted by atomic mass is 10.0. The fourth-order valence-electron chi connectivity index (χ4n) is 1.14. The molecule has 0 saturated carbocycles. The molecule has 0 fully saturated rings. The molecule has 0 spiro atoms. The van der Waals surface area contributed by atoms with Gasteiger partial charge in [0.1, 0.15) is 0 Å². The normalized spacial score (nSPS) is 13.0. The summed E-state index contributed by atoms with van der Waals surface area (Å²) < 4.78 is 12.6. The third-order valence-electron chi connectivity index (χ3n) is 1.96. The number of pyridine rings is 1. The van der Waals surface area contributed by atoms with E-state index in [2.05, 4.69) is 4.98 Å². The number of nitrogens with two attached hydrogens (primary N) is 1. The SMILES string of the molecule is CCC(N)c1cnc(F)cc1C. The fraction of sp³-hybridized carbons (Fsp3) is 0.444. The summed E-state index contributed by atoms with van der Waals surface area (Å²) in [5.74, 6) is -0.445. The van der Waals surface area contributed by atoms with Crippen molar-refractivity contribution in [2.24, 2.45) is 5.73 Å². The Balaban J connectivity index is 3.01. The lowest BCUT2D eigenvalue weighted by Gasteiger charge is -2.11. The number of hydrogen-bond donors (Lipinski definition) is 1. The van der Waals surface area contributed by atoms with Crippen LogP contribution in [0.15, 0.2) is 12.3 Å². The molecule has 2 N–H and O–H groups in total. The molecule has 66 valence electrons. The second kappa shape index (κ2) is 3.63. The highest BCUT2D eigenvalue weighted by Crippen LogP contribution is 2.16. The third kappa shape index (κ3) is 1.80. The Morgan fingerprint density at radius 1 is 1.67 bits per heavy atom. The number of halogens is 1. The van der Waals surface area contributed by atoms with E-state index in [1.807, 2.05) is 13.8 Å². The predicted octanol–water partition coefficient (Wildman–Crippen LogP) is 1.94. The third-order valence-corrected chi connectivity index (χ3v) is 1.96. The second-order valence-electron chi connectivity index (χ2n) is 2.88. The first kappa shape index (κ1) is 9.13. The molecule has 1 aromatic heterocycles. The van der Waals surface area contributed by atoms with Crippen molar-refractivity contribution < 1.29 is 4.39 Å². The van der Waals surface area contributed by atoms with Crippen molar-refractivity contribution in [2.45, 2.75) is 26.3 Å². The summed E-state index contributed by atoms with van der Waals surface area (Å²) in [6.07, 6.45) is 2.35. The average Bonchev–Trinajstić information content (AvgIpc) is 2.03. The van der Waals surface area contributed by atoms with Gasteiger partial charge in [-0.3, -0.25) is 0 Å². The largest absolute Gasteiger partial charge is 0.324 e. The Hall–Kier alpha value is -0.960. The lowest BCUT2D eigenvalue weighted by Crippen LogP contribution is -2.11. The Morgan fingerprint density at radius 2 is 2.33 bits per heavy atom. The minimum Gasteiger partial charge on any atom is -0.324 e. The summed E-state index contributed by atoms with van der Waals surface area (Å²) in [6, 6.07) is 1.38. The number of aryl methyl sites for hydroxylation is 1. The monoisotopic (exact) mass is 168 g/mol. The average molecular weight is 168 g/mol. The maximum Gasteiger partial charge on any atom is 0.213 e. The maximum absolute atomic E-state index is 12.6. The molecule has 1 aromatic rings. The van der Waals surface area contributed by atoms with Crippen molar-refractivity contribution in [1.82, 2.24) is 4.98 Å². The topological polar surface area (TPSA) is 38.9 Å². The fourth-order valence-corrected chi connectivity index (χ4v) is 1.14. The number of nitrogens with zero attached hydrogens (tertiary/aromatic N) is 1. The van der Waals surface area contributed by atoms with Gasteiger partial charge >= 0.3 is 0 Å². The zero-order valence-electron chi connectivity index (χ0n) is 7.34. The van der Waals surface area contributed by atoms with Gasteiger partial charge in [0, 0.05) is 12.2 Å². The van der Waals surface area contributed by atoms with E-state index in [9.17, 15) is 4.39 Å². The first-order valence-electron chi connectivity index (χ1n) is 4.02. The van der Waals surface area contributed by atoms with Crippen LogP contribution in [0.5, 0.6) is 0 Å². The molecule has 1 unspecified atom stereocenters. The van der Waals surface area contributed by atoms with Crippen LogP contribution >= 0.6 is 0 Å². The van der Waals surface area contributed by atoms with Gasteiger partial charge in [0.05, 0.1) is 0 Å². The van der Waals surface area contributed by atoms with E-state index in [-0.39, 0.29) is 6.04 Å². The molecule has 0 saturated heterocycles. The first-order chi connectivity index (χ1) is 5.65. The van der Waals surface area contributed by atoms with Crippen LogP contribution in [0.25, 0.3) is 0 Å². The molecular weight excluding hydrogens is 155 g/mol. The molecule has 12 heavy (non-hydrogen) atoms. The van der Waals surface area contributed by atoms with Crippen LogP contribution in [0.1, 0.15) is 30.5 Å². The molecule has 0 aliphatic heterocycles. The standard InChI is InChI=1S/C9H13FN2/c1-3-8(11)7-5-12-9(10)4-6(7)2/h4-5,8H,3,11H2,1-2H3. The van der Waals surface area contributed by atoms with Gasteiger partial charge in [-0.15, -0.1) is 0 Å². The van der Waals surface area contributed by atoms with E-state index in [0.717, 1.165) is 17.5 Å². The summed E-state index contributed by atoms with van der Waals surface area (Å²) in [6.45, 7) is 3.84. The zero-order valence-corrected chi connectivity index (χ0v) is 7.34. The Kier molecular flexibility index (Phi) is 2.76. The van der Waals surface area contributed by atoms with E-state index < -0.39 is 5.95 Å². The van der Waals surface area contributed by atoms with Gasteiger partial charge in [-0.25, -0.2) is 4.98 Å². The number of rotatable bonds is 2. The van der Waals surface area contributed by atoms with E-state index >= 15 is 0 Å². The summed E-state index contributed by atoms with van der Waals surface area (Å²) >= 11 is 0. The summed E-state index contributed by atoms with van der Waals surface area (Å²) in [5.41, 5.74) is 7.58. The van der Waals surface area contributed by atoms with Gasteiger partial charge in [-0.05, 0) is 30.5 Å². The number of aromatic nitrogens is 1. The minimum atomic E-state index is -0.445. The highest BCUT2D eigenvalue weighted by Gasteiger charge is 2.07. The summed E-state index contributed by atoms with van der Waals surface area (Å²) in [5, 5.41) is 0. The van der Waals surface area contributed by atoms with Crippen molar-refractivity contribution in [3.8, 4) is 0 Å². The van der Waals surface area contributed by atoms with E-state index in [4.69, 9.17) is 5.73 Å². The van der Waals surface area contributed by atoms with Crippen LogP contribution < -0.4 is 5.73 Å². The predicted molar refractivity (Wildman–Crippen MR) is 46.2 cm³/mol.